The van der Waals surface area contributed by atoms with Crippen LogP contribution in [0.2, 0.25) is 0 Å². The first-order valence-electron chi connectivity index (χ1n) is 6.52. The lowest BCUT2D eigenvalue weighted by Crippen LogP contribution is -2.15. The van der Waals surface area contributed by atoms with Crippen LogP contribution in [0.4, 0.5) is 5.69 Å². The van der Waals surface area contributed by atoms with Gasteiger partial charge >= 0.3 is 0 Å². The number of anilines is 1. The highest BCUT2D eigenvalue weighted by Gasteiger charge is 2.12. The van der Waals surface area contributed by atoms with E-state index < -0.39 is 0 Å². The minimum Gasteiger partial charge on any atom is -0.497 e. The van der Waals surface area contributed by atoms with Crippen molar-refractivity contribution in [1.82, 2.24) is 4.98 Å². The molecule has 5 nitrogen and oxygen atoms in total. The largest absolute Gasteiger partial charge is 0.497 e. The number of rotatable bonds is 4. The molecule has 1 aromatic heterocycles. The van der Waals surface area contributed by atoms with E-state index in [9.17, 15) is 4.79 Å². The van der Waals surface area contributed by atoms with Crippen LogP contribution < -0.4 is 14.8 Å². The molecule has 1 N–H and O–H groups in total. The van der Waals surface area contributed by atoms with Gasteiger partial charge in [0.05, 0.1) is 19.9 Å². The number of pyridine rings is 1. The number of ether oxygens (including phenoxy) is 2. The molecule has 1 aromatic carbocycles. The number of carbonyl (C=O) groups excluding carboxylic acids is 1. The molecule has 2 rings (SSSR count). The zero-order valence-corrected chi connectivity index (χ0v) is 12.6. The number of nitrogens with zero attached hydrogens (tertiary/aromatic N) is 1. The van der Waals surface area contributed by atoms with E-state index in [1.54, 1.807) is 38.5 Å². The fourth-order valence-electron chi connectivity index (χ4n) is 2.06. The number of hydrogen-bond acceptors (Lipinski definition) is 4. The van der Waals surface area contributed by atoms with Gasteiger partial charge in [-0.15, -0.1) is 0 Å². The van der Waals surface area contributed by atoms with Crippen LogP contribution in [0.15, 0.2) is 30.3 Å². The van der Waals surface area contributed by atoms with E-state index in [4.69, 9.17) is 9.47 Å². The zero-order chi connectivity index (χ0) is 15.4. The van der Waals surface area contributed by atoms with Gasteiger partial charge in [-0.2, -0.15) is 0 Å². The van der Waals surface area contributed by atoms with Gasteiger partial charge in [-0.1, -0.05) is 0 Å². The number of aryl methyl sites for hydroxylation is 2. The Bertz CT molecular complexity index is 648. The Kier molecular flexibility index (Phi) is 4.42. The van der Waals surface area contributed by atoms with Crippen molar-refractivity contribution >= 4 is 11.6 Å². The van der Waals surface area contributed by atoms with Gasteiger partial charge in [-0.25, -0.2) is 4.98 Å². The van der Waals surface area contributed by atoms with Crippen LogP contribution in [0.5, 0.6) is 11.5 Å². The second-order valence-corrected chi connectivity index (χ2v) is 4.69. The second-order valence-electron chi connectivity index (χ2n) is 4.69. The highest BCUT2D eigenvalue weighted by Crippen LogP contribution is 2.29. The highest BCUT2D eigenvalue weighted by molar-refractivity contribution is 6.03. The van der Waals surface area contributed by atoms with Crippen molar-refractivity contribution in [3.8, 4) is 11.5 Å². The average molecular weight is 286 g/mol. The van der Waals surface area contributed by atoms with Crippen LogP contribution in [-0.4, -0.2) is 25.1 Å². The first-order chi connectivity index (χ1) is 10.0. The number of hydrogen-bond donors (Lipinski definition) is 1. The van der Waals surface area contributed by atoms with Crippen molar-refractivity contribution in [2.24, 2.45) is 0 Å². The van der Waals surface area contributed by atoms with Gasteiger partial charge < -0.3 is 14.8 Å². The van der Waals surface area contributed by atoms with E-state index in [1.807, 2.05) is 19.9 Å². The monoisotopic (exact) mass is 286 g/mol. The molecule has 1 heterocycles. The number of methoxy groups -OCH3 is 2. The van der Waals surface area contributed by atoms with Gasteiger partial charge in [0.25, 0.3) is 5.91 Å². The summed E-state index contributed by atoms with van der Waals surface area (Å²) in [5.41, 5.74) is 2.71. The van der Waals surface area contributed by atoms with E-state index in [-0.39, 0.29) is 5.91 Å². The number of carbonyl (C=O) groups is 1. The van der Waals surface area contributed by atoms with Crippen LogP contribution in [0, 0.1) is 13.8 Å². The maximum atomic E-state index is 12.3. The molecule has 0 radical (unpaired) electrons. The molecule has 0 saturated heterocycles. The van der Waals surface area contributed by atoms with Gasteiger partial charge in [0, 0.05) is 11.8 Å². The van der Waals surface area contributed by atoms with Crippen LogP contribution in [-0.2, 0) is 0 Å². The summed E-state index contributed by atoms with van der Waals surface area (Å²) in [6.07, 6.45) is 0. The van der Waals surface area contributed by atoms with Crippen molar-refractivity contribution in [2.75, 3.05) is 19.5 Å². The van der Waals surface area contributed by atoms with Crippen LogP contribution in [0.1, 0.15) is 21.7 Å². The Morgan fingerprint density at radius 2 is 1.86 bits per heavy atom. The summed E-state index contributed by atoms with van der Waals surface area (Å²) >= 11 is 0. The van der Waals surface area contributed by atoms with E-state index in [0.717, 1.165) is 11.3 Å². The predicted molar refractivity (Wildman–Crippen MR) is 81.2 cm³/mol. The smallest absolute Gasteiger partial charge is 0.274 e. The first kappa shape index (κ1) is 14.8. The number of benzene rings is 1. The molecular formula is C16H18N2O3. The molecule has 21 heavy (non-hydrogen) atoms. The predicted octanol–water partition coefficient (Wildman–Crippen LogP) is 2.97. The molecule has 0 aliphatic rings. The molecule has 0 bridgehead atoms. The van der Waals surface area contributed by atoms with E-state index in [1.165, 1.54) is 0 Å². The Labute approximate surface area is 123 Å². The molecule has 0 fully saturated rings. The fraction of sp³-hybridized carbons (Fsp3) is 0.250. The normalized spacial score (nSPS) is 10.1. The average Bonchev–Trinajstić information content (AvgIpc) is 2.46. The third-order valence-corrected chi connectivity index (χ3v) is 2.99. The number of nitrogens with one attached hydrogen (secondary N) is 1. The molecule has 0 saturated carbocycles. The first-order valence-corrected chi connectivity index (χ1v) is 6.52. The molecule has 2 aromatic rings. The van der Waals surface area contributed by atoms with Gasteiger partial charge in [0.2, 0.25) is 0 Å². The second kappa shape index (κ2) is 6.26. The zero-order valence-electron chi connectivity index (χ0n) is 12.6. The topological polar surface area (TPSA) is 60.5 Å². The van der Waals surface area contributed by atoms with Crippen molar-refractivity contribution in [2.45, 2.75) is 13.8 Å². The van der Waals surface area contributed by atoms with Gasteiger partial charge in [-0.3, -0.25) is 4.79 Å². The maximum absolute atomic E-state index is 12.3. The lowest BCUT2D eigenvalue weighted by atomic mass is 10.2. The lowest BCUT2D eigenvalue weighted by Gasteiger charge is -2.12. The van der Waals surface area contributed by atoms with Crippen molar-refractivity contribution in [3.05, 3.63) is 47.3 Å². The third-order valence-electron chi connectivity index (χ3n) is 2.99. The maximum Gasteiger partial charge on any atom is 0.274 e. The Balaban J connectivity index is 2.30. The molecule has 0 aliphatic heterocycles. The quantitative estimate of drug-likeness (QED) is 0.938. The van der Waals surface area contributed by atoms with Gasteiger partial charge in [0.1, 0.15) is 17.2 Å². The van der Waals surface area contributed by atoms with Crippen LogP contribution in [0.3, 0.4) is 0 Å². The molecule has 0 atom stereocenters. The van der Waals surface area contributed by atoms with Crippen molar-refractivity contribution in [3.63, 3.8) is 0 Å². The number of amides is 1. The molecular weight excluding hydrogens is 268 g/mol. The summed E-state index contributed by atoms with van der Waals surface area (Å²) in [7, 11) is 3.12. The Morgan fingerprint density at radius 3 is 2.48 bits per heavy atom. The highest BCUT2D eigenvalue weighted by atomic mass is 16.5. The van der Waals surface area contributed by atoms with Gasteiger partial charge in [-0.05, 0) is 43.7 Å². The minimum atomic E-state index is -0.284. The molecule has 0 spiro atoms. The standard InChI is InChI=1S/C16H18N2O3/c1-10-7-11(2)17-14(8-10)16(19)18-13-9-12(20-3)5-6-15(13)21-4/h5-9H,1-4H3,(H,18,19). The molecule has 1 amide bonds. The van der Waals surface area contributed by atoms with Crippen molar-refractivity contribution < 1.29 is 14.3 Å². The SMILES string of the molecule is COc1ccc(OC)c(NC(=O)c2cc(C)cc(C)n2)c1. The summed E-state index contributed by atoms with van der Waals surface area (Å²) in [4.78, 5) is 16.6. The Hall–Kier alpha value is -2.56. The fourth-order valence-corrected chi connectivity index (χ4v) is 2.06. The van der Waals surface area contributed by atoms with E-state index >= 15 is 0 Å². The molecule has 0 unspecified atom stereocenters. The summed E-state index contributed by atoms with van der Waals surface area (Å²) in [6.45, 7) is 3.79. The molecule has 110 valence electrons. The summed E-state index contributed by atoms with van der Waals surface area (Å²) in [6, 6.07) is 8.88. The van der Waals surface area contributed by atoms with Crippen molar-refractivity contribution in [1.29, 1.82) is 0 Å². The van der Waals surface area contributed by atoms with Gasteiger partial charge in [0.15, 0.2) is 0 Å². The third kappa shape index (κ3) is 3.51. The van der Waals surface area contributed by atoms with E-state index in [2.05, 4.69) is 10.3 Å². The summed E-state index contributed by atoms with van der Waals surface area (Å²) < 4.78 is 10.4. The van der Waals surface area contributed by atoms with Crippen LogP contribution >= 0.6 is 0 Å². The minimum absolute atomic E-state index is 0.284. The summed E-state index contributed by atoms with van der Waals surface area (Å²) in [5.74, 6) is 0.918. The van der Waals surface area contributed by atoms with Crippen LogP contribution in [0.25, 0.3) is 0 Å². The summed E-state index contributed by atoms with van der Waals surface area (Å²) in [5, 5.41) is 2.80. The molecule has 0 aliphatic carbocycles. The Morgan fingerprint density at radius 1 is 1.10 bits per heavy atom. The number of aromatic nitrogens is 1. The lowest BCUT2D eigenvalue weighted by molar-refractivity contribution is 0.102. The molecule has 5 heteroatoms. The van der Waals surface area contributed by atoms with E-state index in [0.29, 0.717) is 22.9 Å².